The molecule has 0 bridgehead atoms. The minimum absolute atomic E-state index is 0.0521. The van der Waals surface area contributed by atoms with Crippen molar-refractivity contribution in [3.63, 3.8) is 0 Å². The molecule has 1 N–H and O–H groups in total. The van der Waals surface area contributed by atoms with E-state index in [-0.39, 0.29) is 23.5 Å². The van der Waals surface area contributed by atoms with Gasteiger partial charge in [0.1, 0.15) is 5.69 Å². The molecule has 1 aromatic rings. The average molecular weight is 339 g/mol. The van der Waals surface area contributed by atoms with Crippen molar-refractivity contribution >= 4 is 21.4 Å². The second-order valence-electron chi connectivity index (χ2n) is 5.97. The summed E-state index contributed by atoms with van der Waals surface area (Å²) in [6.07, 6.45) is 4.06. The van der Waals surface area contributed by atoms with Crippen molar-refractivity contribution in [3.8, 4) is 0 Å². The number of carbonyl (C=O) groups is 1. The van der Waals surface area contributed by atoms with Crippen molar-refractivity contribution in [2.75, 3.05) is 29.9 Å². The summed E-state index contributed by atoms with van der Waals surface area (Å²) in [5, 5.41) is 3.18. The average Bonchev–Trinajstić information content (AvgIpc) is 2.86. The molecule has 128 valence electrons. The van der Waals surface area contributed by atoms with Crippen LogP contribution < -0.4 is 5.32 Å². The minimum atomic E-state index is -2.90. The normalized spacial score (nSPS) is 19.5. The molecular weight excluding hydrogens is 314 g/mol. The van der Waals surface area contributed by atoms with E-state index >= 15 is 0 Å². The van der Waals surface area contributed by atoms with Crippen LogP contribution in [0.15, 0.2) is 18.3 Å². The van der Waals surface area contributed by atoms with Crippen LogP contribution in [-0.2, 0) is 9.84 Å². The largest absolute Gasteiger partial charge is 0.380 e. The molecule has 6 nitrogen and oxygen atoms in total. The molecule has 2 heterocycles. The molecule has 0 aliphatic carbocycles. The van der Waals surface area contributed by atoms with Gasteiger partial charge in [-0.15, -0.1) is 0 Å². The van der Waals surface area contributed by atoms with E-state index in [9.17, 15) is 13.2 Å². The van der Waals surface area contributed by atoms with Gasteiger partial charge in [0.15, 0.2) is 9.84 Å². The Hall–Kier alpha value is -1.63. The zero-order chi connectivity index (χ0) is 16.9. The fraction of sp³-hybridized carbons (Fsp3) is 0.625. The standard InChI is InChI=1S/C16H25N3O3S/c1-3-8-19(9-4-2)16(20)15-6-5-13(11-17-15)18-14-7-10-23(21,22)12-14/h5-6,11,14,18H,3-4,7-10,12H2,1-2H3. The molecule has 1 amide bonds. The summed E-state index contributed by atoms with van der Waals surface area (Å²) in [7, 11) is -2.90. The zero-order valence-electron chi connectivity index (χ0n) is 13.8. The van der Waals surface area contributed by atoms with E-state index in [2.05, 4.69) is 10.3 Å². The molecule has 1 atom stereocenters. The molecule has 1 aliphatic heterocycles. The van der Waals surface area contributed by atoms with Crippen molar-refractivity contribution in [3.05, 3.63) is 24.0 Å². The molecule has 1 aliphatic rings. The number of rotatable bonds is 7. The number of carbonyl (C=O) groups excluding carboxylic acids is 1. The molecule has 7 heteroatoms. The SMILES string of the molecule is CCCN(CCC)C(=O)c1ccc(NC2CCS(=O)(=O)C2)cn1. The lowest BCUT2D eigenvalue weighted by Crippen LogP contribution is -2.33. The highest BCUT2D eigenvalue weighted by molar-refractivity contribution is 7.91. The zero-order valence-corrected chi connectivity index (χ0v) is 14.6. The highest BCUT2D eigenvalue weighted by atomic mass is 32.2. The first-order valence-corrected chi connectivity index (χ1v) is 9.99. The Morgan fingerprint density at radius 1 is 1.30 bits per heavy atom. The van der Waals surface area contributed by atoms with E-state index in [0.717, 1.165) is 31.6 Å². The number of sulfone groups is 1. The molecule has 1 unspecified atom stereocenters. The molecule has 0 spiro atoms. The van der Waals surface area contributed by atoms with E-state index < -0.39 is 9.84 Å². The van der Waals surface area contributed by atoms with Crippen molar-refractivity contribution in [2.24, 2.45) is 0 Å². The first kappa shape index (κ1) is 17.7. The predicted molar refractivity (Wildman–Crippen MR) is 91.4 cm³/mol. The third-order valence-electron chi connectivity index (χ3n) is 3.86. The molecule has 1 saturated heterocycles. The molecule has 23 heavy (non-hydrogen) atoms. The third-order valence-corrected chi connectivity index (χ3v) is 5.63. The number of pyridine rings is 1. The molecular formula is C16H25N3O3S. The van der Waals surface area contributed by atoms with Crippen LogP contribution in [-0.4, -0.2) is 54.8 Å². The van der Waals surface area contributed by atoms with Crippen LogP contribution in [0, 0.1) is 0 Å². The van der Waals surface area contributed by atoms with Crippen LogP contribution in [0.25, 0.3) is 0 Å². The Kier molecular flexibility index (Phi) is 5.98. The summed E-state index contributed by atoms with van der Waals surface area (Å²) in [6, 6.07) is 3.42. The highest BCUT2D eigenvalue weighted by Gasteiger charge is 2.27. The van der Waals surface area contributed by atoms with Gasteiger partial charge >= 0.3 is 0 Å². The molecule has 0 saturated carbocycles. The van der Waals surface area contributed by atoms with Gasteiger partial charge in [-0.3, -0.25) is 4.79 Å². The number of amides is 1. The topological polar surface area (TPSA) is 79.4 Å². The summed E-state index contributed by atoms with van der Waals surface area (Å²) in [5.74, 6) is 0.343. The fourth-order valence-electron chi connectivity index (χ4n) is 2.77. The van der Waals surface area contributed by atoms with Gasteiger partial charge in [0.25, 0.3) is 5.91 Å². The summed E-state index contributed by atoms with van der Waals surface area (Å²) >= 11 is 0. The Morgan fingerprint density at radius 3 is 2.48 bits per heavy atom. The Morgan fingerprint density at radius 2 is 2.00 bits per heavy atom. The summed E-state index contributed by atoms with van der Waals surface area (Å²) in [4.78, 5) is 18.5. The maximum absolute atomic E-state index is 12.4. The molecule has 2 rings (SSSR count). The first-order valence-electron chi connectivity index (χ1n) is 8.17. The Balaban J connectivity index is 1.99. The maximum Gasteiger partial charge on any atom is 0.272 e. The van der Waals surface area contributed by atoms with Gasteiger partial charge < -0.3 is 10.2 Å². The number of nitrogens with one attached hydrogen (secondary N) is 1. The maximum atomic E-state index is 12.4. The van der Waals surface area contributed by atoms with Crippen molar-refractivity contribution in [2.45, 2.75) is 39.2 Å². The smallest absolute Gasteiger partial charge is 0.272 e. The van der Waals surface area contributed by atoms with E-state index in [1.54, 1.807) is 18.3 Å². The van der Waals surface area contributed by atoms with Gasteiger partial charge in [-0.05, 0) is 31.4 Å². The number of hydrogen-bond donors (Lipinski definition) is 1. The van der Waals surface area contributed by atoms with Crippen LogP contribution in [0.3, 0.4) is 0 Å². The summed E-state index contributed by atoms with van der Waals surface area (Å²) in [6.45, 7) is 5.56. The number of aromatic nitrogens is 1. The molecule has 1 fully saturated rings. The van der Waals surface area contributed by atoms with Crippen LogP contribution in [0.2, 0.25) is 0 Å². The number of nitrogens with zero attached hydrogens (tertiary/aromatic N) is 2. The lowest BCUT2D eigenvalue weighted by Gasteiger charge is -2.21. The van der Waals surface area contributed by atoms with Crippen molar-refractivity contribution in [1.29, 1.82) is 0 Å². The summed E-state index contributed by atoms with van der Waals surface area (Å²) in [5.41, 5.74) is 1.18. The Labute approximate surface area is 138 Å². The Bertz CT molecular complexity index is 622. The van der Waals surface area contributed by atoms with Gasteiger partial charge in [-0.25, -0.2) is 13.4 Å². The third kappa shape index (κ3) is 4.92. The molecule has 0 radical (unpaired) electrons. The fourth-order valence-corrected chi connectivity index (χ4v) is 4.44. The van der Waals surface area contributed by atoms with Crippen LogP contribution in [0.1, 0.15) is 43.6 Å². The minimum Gasteiger partial charge on any atom is -0.380 e. The predicted octanol–water partition coefficient (Wildman–Crippen LogP) is 1.94. The van der Waals surface area contributed by atoms with E-state index in [4.69, 9.17) is 0 Å². The van der Waals surface area contributed by atoms with Gasteiger partial charge in [0, 0.05) is 19.1 Å². The quantitative estimate of drug-likeness (QED) is 0.821. The molecule has 1 aromatic heterocycles. The van der Waals surface area contributed by atoms with Gasteiger partial charge in [-0.1, -0.05) is 13.8 Å². The highest BCUT2D eigenvalue weighted by Crippen LogP contribution is 2.17. The van der Waals surface area contributed by atoms with Crippen molar-refractivity contribution < 1.29 is 13.2 Å². The van der Waals surface area contributed by atoms with Crippen molar-refractivity contribution in [1.82, 2.24) is 9.88 Å². The van der Waals surface area contributed by atoms with Gasteiger partial charge in [-0.2, -0.15) is 0 Å². The molecule has 0 aromatic carbocycles. The van der Waals surface area contributed by atoms with Crippen LogP contribution in [0.4, 0.5) is 5.69 Å². The van der Waals surface area contributed by atoms with E-state index in [1.807, 2.05) is 18.7 Å². The number of hydrogen-bond acceptors (Lipinski definition) is 5. The second kappa shape index (κ2) is 7.77. The van der Waals surface area contributed by atoms with E-state index in [1.165, 1.54) is 0 Å². The monoisotopic (exact) mass is 339 g/mol. The van der Waals surface area contributed by atoms with Crippen LogP contribution >= 0.6 is 0 Å². The lowest BCUT2D eigenvalue weighted by molar-refractivity contribution is 0.0749. The van der Waals surface area contributed by atoms with E-state index in [0.29, 0.717) is 12.1 Å². The lowest BCUT2D eigenvalue weighted by atomic mass is 10.2. The van der Waals surface area contributed by atoms with Crippen LogP contribution in [0.5, 0.6) is 0 Å². The summed E-state index contributed by atoms with van der Waals surface area (Å²) < 4.78 is 22.9. The number of anilines is 1. The van der Waals surface area contributed by atoms with Gasteiger partial charge in [0.05, 0.1) is 23.4 Å². The van der Waals surface area contributed by atoms with Gasteiger partial charge in [0.2, 0.25) is 0 Å². The second-order valence-corrected chi connectivity index (χ2v) is 8.20. The first-order chi connectivity index (χ1) is 10.9.